The maximum atomic E-state index is 12.5. The number of aromatic nitrogens is 1. The van der Waals surface area contributed by atoms with Crippen LogP contribution in [0.3, 0.4) is 0 Å². The number of ether oxygens (including phenoxy) is 1. The van der Waals surface area contributed by atoms with Gasteiger partial charge < -0.3 is 20.6 Å². The highest BCUT2D eigenvalue weighted by molar-refractivity contribution is 7.84. The Kier molecular flexibility index (Phi) is 7.10. The van der Waals surface area contributed by atoms with Crippen LogP contribution in [0.15, 0.2) is 10.5 Å². The third-order valence-electron chi connectivity index (χ3n) is 3.73. The number of hydrogen-bond acceptors (Lipinski definition) is 11. The van der Waals surface area contributed by atoms with E-state index in [9.17, 15) is 27.4 Å². The lowest BCUT2D eigenvalue weighted by molar-refractivity contribution is -0.164. The van der Waals surface area contributed by atoms with Crippen molar-refractivity contribution in [2.75, 3.05) is 19.5 Å². The van der Waals surface area contributed by atoms with Crippen molar-refractivity contribution in [3.63, 3.8) is 0 Å². The molecule has 1 aromatic rings. The molecule has 0 spiro atoms. The van der Waals surface area contributed by atoms with Gasteiger partial charge in [0, 0.05) is 5.38 Å². The zero-order valence-electron chi connectivity index (χ0n) is 15.4. The largest absolute Gasteiger partial charge is 0.464 e. The third kappa shape index (κ3) is 4.99. The van der Waals surface area contributed by atoms with E-state index in [4.69, 9.17) is 10.5 Å². The second-order valence-corrected chi connectivity index (χ2v) is 7.90. The summed E-state index contributed by atoms with van der Waals surface area (Å²) in [5, 5.41) is 7.27. The summed E-state index contributed by atoms with van der Waals surface area (Å²) in [5.41, 5.74) is 5.22. The van der Waals surface area contributed by atoms with Gasteiger partial charge in [0.15, 0.2) is 16.9 Å². The minimum Gasteiger partial charge on any atom is -0.464 e. The zero-order chi connectivity index (χ0) is 21.8. The molecule has 1 aromatic heterocycles. The van der Waals surface area contributed by atoms with Crippen molar-refractivity contribution in [2.45, 2.75) is 31.8 Å². The number of esters is 1. The Morgan fingerprint density at radius 3 is 2.69 bits per heavy atom. The van der Waals surface area contributed by atoms with Gasteiger partial charge >= 0.3 is 16.3 Å². The number of oxime groups is 1. The molecule has 4 N–H and O–H groups in total. The van der Waals surface area contributed by atoms with Crippen LogP contribution in [0, 0.1) is 0 Å². The molecule has 29 heavy (non-hydrogen) atoms. The number of hydrogen-bond donors (Lipinski definition) is 3. The molecule has 0 aromatic carbocycles. The maximum Gasteiger partial charge on any atom is 0.363 e. The number of nitrogen functional groups attached to an aromatic ring is 1. The number of carbonyl (C=O) groups excluding carboxylic acids is 3. The molecule has 2 atom stereocenters. The second-order valence-electron chi connectivity index (χ2n) is 5.72. The molecule has 15 heteroatoms. The van der Waals surface area contributed by atoms with Crippen LogP contribution in [0.2, 0.25) is 0 Å². The van der Waals surface area contributed by atoms with Crippen LogP contribution in [0.5, 0.6) is 0 Å². The Morgan fingerprint density at radius 1 is 1.48 bits per heavy atom. The first kappa shape index (κ1) is 22.5. The highest BCUT2D eigenvalue weighted by Crippen LogP contribution is 2.25. The van der Waals surface area contributed by atoms with Crippen molar-refractivity contribution in [3.8, 4) is 0 Å². The van der Waals surface area contributed by atoms with Crippen LogP contribution in [0.25, 0.3) is 0 Å². The number of rotatable bonds is 9. The Balaban J connectivity index is 2.23. The molecule has 0 radical (unpaired) electrons. The van der Waals surface area contributed by atoms with E-state index in [0.717, 1.165) is 11.3 Å². The molecule has 0 aliphatic carbocycles. The number of carbonyl (C=O) groups is 3. The van der Waals surface area contributed by atoms with E-state index in [1.54, 1.807) is 0 Å². The van der Waals surface area contributed by atoms with Crippen LogP contribution < -0.4 is 11.1 Å². The first-order chi connectivity index (χ1) is 13.6. The number of unbranched alkanes of at least 4 members (excludes halogenated alkanes) is 1. The van der Waals surface area contributed by atoms with Crippen molar-refractivity contribution in [2.24, 2.45) is 5.16 Å². The molecule has 2 rings (SSSR count). The van der Waals surface area contributed by atoms with E-state index >= 15 is 0 Å². The van der Waals surface area contributed by atoms with Gasteiger partial charge in [0.1, 0.15) is 18.8 Å². The zero-order valence-corrected chi connectivity index (χ0v) is 17.0. The molecule has 1 aliphatic rings. The molecule has 2 amide bonds. The molecule has 13 nitrogen and oxygen atoms in total. The average Bonchev–Trinajstić information content (AvgIpc) is 3.06. The highest BCUT2D eigenvalue weighted by Gasteiger charge is 2.58. The summed E-state index contributed by atoms with van der Waals surface area (Å²) in [6.07, 6.45) is 1.21. The van der Waals surface area contributed by atoms with Crippen molar-refractivity contribution in [1.29, 1.82) is 0 Å². The highest BCUT2D eigenvalue weighted by atomic mass is 32.2. The van der Waals surface area contributed by atoms with E-state index < -0.39 is 40.2 Å². The molecule has 2 heterocycles. The molecule has 1 fully saturated rings. The Morgan fingerprint density at radius 2 is 2.17 bits per heavy atom. The lowest BCUT2D eigenvalue weighted by Gasteiger charge is -2.42. The molecule has 1 aliphatic heterocycles. The quantitative estimate of drug-likeness (QED) is 0.104. The summed E-state index contributed by atoms with van der Waals surface area (Å²) in [7, 11) is -3.87. The minimum atomic E-state index is -5.04. The topological polar surface area (TPSA) is 191 Å². The van der Waals surface area contributed by atoms with Gasteiger partial charge in [0.05, 0.1) is 6.61 Å². The number of β-lactam (4-membered cyclic amide) rings is 1. The summed E-state index contributed by atoms with van der Waals surface area (Å²) in [6, 6.07) is -3.36. The predicted octanol–water partition coefficient (Wildman–Crippen LogP) is -1.08. The fraction of sp³-hybridized carbons (Fsp3) is 0.500. The lowest BCUT2D eigenvalue weighted by Crippen LogP contribution is -2.75. The van der Waals surface area contributed by atoms with Crippen LogP contribution in [-0.4, -0.2) is 71.6 Å². The van der Waals surface area contributed by atoms with Crippen LogP contribution >= 0.6 is 11.3 Å². The van der Waals surface area contributed by atoms with E-state index in [1.807, 2.05) is 6.92 Å². The minimum absolute atomic E-state index is 0.0194. The van der Waals surface area contributed by atoms with Crippen LogP contribution in [-0.2, 0) is 34.3 Å². The first-order valence-corrected chi connectivity index (χ1v) is 10.5. The first-order valence-electron chi connectivity index (χ1n) is 8.22. The van der Waals surface area contributed by atoms with Gasteiger partial charge in [-0.25, -0.2) is 9.78 Å². The smallest absolute Gasteiger partial charge is 0.363 e. The van der Waals surface area contributed by atoms with Gasteiger partial charge in [-0.1, -0.05) is 18.5 Å². The van der Waals surface area contributed by atoms with Gasteiger partial charge in [-0.2, -0.15) is 12.7 Å². The van der Waals surface area contributed by atoms with Gasteiger partial charge in [-0.05, 0) is 6.42 Å². The van der Waals surface area contributed by atoms with Crippen molar-refractivity contribution < 1.29 is 36.9 Å². The average molecular weight is 449 g/mol. The molecule has 2 unspecified atom stereocenters. The fourth-order valence-corrected chi connectivity index (χ4v) is 3.78. The monoisotopic (exact) mass is 449 g/mol. The summed E-state index contributed by atoms with van der Waals surface area (Å²) >= 11 is 1.02. The normalized spacial score (nSPS) is 19.5. The van der Waals surface area contributed by atoms with Crippen molar-refractivity contribution in [1.82, 2.24) is 14.6 Å². The Bertz CT molecular complexity index is 928. The summed E-state index contributed by atoms with van der Waals surface area (Å²) in [5.74, 6) is -3.28. The number of thiazole rings is 1. The number of nitrogens with two attached hydrogens (primary N) is 1. The second kappa shape index (κ2) is 9.15. The van der Waals surface area contributed by atoms with Gasteiger partial charge in [0.25, 0.3) is 11.8 Å². The van der Waals surface area contributed by atoms with Crippen LogP contribution in [0.4, 0.5) is 5.13 Å². The predicted molar refractivity (Wildman–Crippen MR) is 100 cm³/mol. The standard InChI is InChI=1S/C14H19N5O8S2/c1-3-4-5-27-13(22)10-9(12(21)19(10)29(23,24)25)17-11(20)8(18-26-2)7-6-28-14(15)16-7/h6,9-10H,3-5H2,1-2H3,(H2,15,16)(H,17,20)(H,23,24,25)/b18-8-. The molecular weight excluding hydrogens is 430 g/mol. The maximum absolute atomic E-state index is 12.5. The van der Waals surface area contributed by atoms with Gasteiger partial charge in [-0.3, -0.25) is 14.1 Å². The number of nitrogens with one attached hydrogen (secondary N) is 1. The van der Waals surface area contributed by atoms with Crippen LogP contribution in [0.1, 0.15) is 25.5 Å². The van der Waals surface area contributed by atoms with E-state index in [0.29, 0.717) is 12.8 Å². The van der Waals surface area contributed by atoms with E-state index in [-0.39, 0.29) is 27.4 Å². The van der Waals surface area contributed by atoms with Crippen molar-refractivity contribution >= 4 is 50.3 Å². The molecule has 0 bridgehead atoms. The van der Waals surface area contributed by atoms with Gasteiger partial charge in [-0.15, -0.1) is 11.3 Å². The van der Waals surface area contributed by atoms with Crippen molar-refractivity contribution in [3.05, 3.63) is 11.1 Å². The number of anilines is 1. The van der Waals surface area contributed by atoms with E-state index in [2.05, 4.69) is 20.3 Å². The SMILES string of the molecule is CCCCOC(=O)C1C(NC(=O)/C(=N\OC)c2csc(N)n2)C(=O)N1S(=O)(=O)O. The lowest BCUT2D eigenvalue weighted by atomic mass is 9.98. The molecule has 0 saturated carbocycles. The van der Waals surface area contributed by atoms with Gasteiger partial charge in [0.2, 0.25) is 0 Å². The fourth-order valence-electron chi connectivity index (χ4n) is 2.40. The number of amides is 2. The molecule has 1 saturated heterocycles. The Labute approximate surface area is 169 Å². The third-order valence-corrected chi connectivity index (χ3v) is 5.31. The molecule has 160 valence electrons. The summed E-state index contributed by atoms with van der Waals surface area (Å²) < 4.78 is 37.0. The summed E-state index contributed by atoms with van der Waals surface area (Å²) in [6.45, 7) is 1.82. The Hall–Kier alpha value is -2.78. The summed E-state index contributed by atoms with van der Waals surface area (Å²) in [4.78, 5) is 45.4. The van der Waals surface area contributed by atoms with E-state index in [1.165, 1.54) is 12.5 Å². The molecular formula is C14H19N5O8S2. The number of nitrogens with zero attached hydrogens (tertiary/aromatic N) is 3.